The number of hydrogen-bond donors (Lipinski definition) is 1. The topological polar surface area (TPSA) is 70.1 Å². The van der Waals surface area contributed by atoms with E-state index in [-0.39, 0.29) is 17.9 Å². The first-order valence-corrected chi connectivity index (χ1v) is 11.5. The lowest BCUT2D eigenvalue weighted by molar-refractivity contribution is -0.140. The molecular formula is C29H30N2O4. The van der Waals surface area contributed by atoms with Gasteiger partial charge in [0, 0.05) is 31.9 Å². The van der Waals surface area contributed by atoms with Gasteiger partial charge in [-0.2, -0.15) is 0 Å². The maximum absolute atomic E-state index is 13.3. The maximum Gasteiger partial charge on any atom is 0.295 e. The monoisotopic (exact) mass is 470 g/mol. The Labute approximate surface area is 206 Å². The van der Waals surface area contributed by atoms with E-state index >= 15 is 0 Å². The van der Waals surface area contributed by atoms with Gasteiger partial charge in [-0.05, 0) is 66.4 Å². The number of rotatable bonds is 6. The second kappa shape index (κ2) is 9.66. The molecule has 1 saturated heterocycles. The van der Waals surface area contributed by atoms with E-state index in [0.29, 0.717) is 11.3 Å². The van der Waals surface area contributed by atoms with Crippen LogP contribution in [0.25, 0.3) is 5.76 Å². The van der Waals surface area contributed by atoms with Gasteiger partial charge in [0.25, 0.3) is 11.7 Å². The molecule has 6 heteroatoms. The number of aliphatic hydroxyl groups excluding tert-OH is 1. The van der Waals surface area contributed by atoms with Crippen molar-refractivity contribution < 1.29 is 19.4 Å². The van der Waals surface area contributed by atoms with Gasteiger partial charge in [0.05, 0.1) is 18.7 Å². The molecular weight excluding hydrogens is 440 g/mol. The molecule has 35 heavy (non-hydrogen) atoms. The number of methoxy groups -OCH3 is 1. The first-order valence-electron chi connectivity index (χ1n) is 11.5. The number of ketones is 1. The molecule has 4 rings (SSSR count). The van der Waals surface area contributed by atoms with E-state index in [2.05, 4.69) is 0 Å². The van der Waals surface area contributed by atoms with Gasteiger partial charge >= 0.3 is 0 Å². The van der Waals surface area contributed by atoms with Gasteiger partial charge in [-0.25, -0.2) is 0 Å². The largest absolute Gasteiger partial charge is 0.507 e. The zero-order valence-electron chi connectivity index (χ0n) is 20.7. The summed E-state index contributed by atoms with van der Waals surface area (Å²) >= 11 is 0. The summed E-state index contributed by atoms with van der Waals surface area (Å²) in [5.41, 5.74) is 5.30. The fraction of sp³-hybridized carbons (Fsp3) is 0.241. The van der Waals surface area contributed by atoms with E-state index < -0.39 is 17.7 Å². The van der Waals surface area contributed by atoms with Gasteiger partial charge < -0.3 is 19.6 Å². The number of carbonyl (C=O) groups is 2. The lowest BCUT2D eigenvalue weighted by atomic mass is 9.94. The van der Waals surface area contributed by atoms with Crippen LogP contribution >= 0.6 is 0 Å². The van der Waals surface area contributed by atoms with E-state index in [1.807, 2.05) is 93.5 Å². The third-order valence-corrected chi connectivity index (χ3v) is 6.56. The summed E-state index contributed by atoms with van der Waals surface area (Å²) in [6.07, 6.45) is 0. The first-order chi connectivity index (χ1) is 16.7. The van der Waals surface area contributed by atoms with Crippen LogP contribution in [0.2, 0.25) is 0 Å². The van der Waals surface area contributed by atoms with E-state index in [1.165, 1.54) is 4.90 Å². The predicted octanol–water partition coefficient (Wildman–Crippen LogP) is 5.00. The summed E-state index contributed by atoms with van der Waals surface area (Å²) in [5, 5.41) is 11.3. The van der Waals surface area contributed by atoms with Crippen LogP contribution in [0.4, 0.5) is 5.69 Å². The van der Waals surface area contributed by atoms with Crippen molar-refractivity contribution in [3.05, 3.63) is 100 Å². The van der Waals surface area contributed by atoms with Gasteiger partial charge in [-0.3, -0.25) is 9.59 Å². The van der Waals surface area contributed by atoms with Crippen molar-refractivity contribution in [1.29, 1.82) is 0 Å². The molecule has 6 nitrogen and oxygen atoms in total. The standard InChI is InChI=1S/C29H30N2O4/c1-18-6-9-22(16-19(18)2)27(32)25-26(21-10-12-23(13-11-21)30(3)4)31(29(34)28(25)33)17-20-7-14-24(35-5)15-8-20/h6-16,26,32H,17H2,1-5H3/b27-25-. The van der Waals surface area contributed by atoms with Gasteiger partial charge in [0.15, 0.2) is 0 Å². The van der Waals surface area contributed by atoms with Crippen LogP contribution in [-0.4, -0.2) is 42.9 Å². The first kappa shape index (κ1) is 24.1. The molecule has 1 N–H and O–H groups in total. The number of benzene rings is 3. The summed E-state index contributed by atoms with van der Waals surface area (Å²) in [4.78, 5) is 30.1. The zero-order valence-corrected chi connectivity index (χ0v) is 20.7. The molecule has 1 heterocycles. The zero-order chi connectivity index (χ0) is 25.3. The van der Waals surface area contributed by atoms with Crippen molar-refractivity contribution in [3.8, 4) is 5.75 Å². The molecule has 0 radical (unpaired) electrons. The van der Waals surface area contributed by atoms with Crippen LogP contribution in [0.3, 0.4) is 0 Å². The fourth-order valence-corrected chi connectivity index (χ4v) is 4.32. The molecule has 1 aliphatic heterocycles. The predicted molar refractivity (Wildman–Crippen MR) is 138 cm³/mol. The smallest absolute Gasteiger partial charge is 0.295 e. The Balaban J connectivity index is 1.84. The Bertz CT molecular complexity index is 1290. The van der Waals surface area contributed by atoms with E-state index in [4.69, 9.17) is 4.74 Å². The summed E-state index contributed by atoms with van der Waals surface area (Å²) in [5.74, 6) is -0.768. The minimum atomic E-state index is -0.713. The van der Waals surface area contributed by atoms with E-state index in [0.717, 1.165) is 27.9 Å². The van der Waals surface area contributed by atoms with Crippen molar-refractivity contribution in [1.82, 2.24) is 4.90 Å². The second-order valence-corrected chi connectivity index (χ2v) is 9.06. The number of nitrogens with zero attached hydrogens (tertiary/aromatic N) is 2. The number of hydrogen-bond acceptors (Lipinski definition) is 5. The van der Waals surface area contributed by atoms with Crippen molar-refractivity contribution in [2.45, 2.75) is 26.4 Å². The van der Waals surface area contributed by atoms with Gasteiger partial charge in [0.1, 0.15) is 11.5 Å². The van der Waals surface area contributed by atoms with Crippen molar-refractivity contribution in [3.63, 3.8) is 0 Å². The van der Waals surface area contributed by atoms with Crippen LogP contribution in [-0.2, 0) is 16.1 Å². The minimum absolute atomic E-state index is 0.101. The molecule has 3 aromatic carbocycles. The number of aryl methyl sites for hydroxylation is 2. The van der Waals surface area contributed by atoms with Crippen molar-refractivity contribution >= 4 is 23.1 Å². The highest BCUT2D eigenvalue weighted by Gasteiger charge is 2.46. The Morgan fingerprint density at radius 3 is 2.17 bits per heavy atom. The summed E-state index contributed by atoms with van der Waals surface area (Å²) in [6.45, 7) is 4.16. The highest BCUT2D eigenvalue weighted by molar-refractivity contribution is 6.46. The molecule has 1 fully saturated rings. The normalized spacial score (nSPS) is 17.1. The van der Waals surface area contributed by atoms with Gasteiger partial charge in [0.2, 0.25) is 0 Å². The number of Topliss-reactive ketones (excluding diaryl/α,β-unsaturated/α-hetero) is 1. The van der Waals surface area contributed by atoms with E-state index in [9.17, 15) is 14.7 Å². The Hall–Kier alpha value is -4.06. The molecule has 0 aromatic heterocycles. The average molecular weight is 471 g/mol. The molecule has 0 bridgehead atoms. The summed E-state index contributed by atoms with van der Waals surface area (Å²) in [7, 11) is 5.49. The van der Waals surface area contributed by atoms with Gasteiger partial charge in [-0.1, -0.05) is 36.4 Å². The average Bonchev–Trinajstić information content (AvgIpc) is 3.10. The highest BCUT2D eigenvalue weighted by Crippen LogP contribution is 2.41. The Morgan fingerprint density at radius 2 is 1.60 bits per heavy atom. The van der Waals surface area contributed by atoms with Crippen LogP contribution in [0.5, 0.6) is 5.75 Å². The molecule has 0 spiro atoms. The Morgan fingerprint density at radius 1 is 0.943 bits per heavy atom. The number of likely N-dealkylation sites (tertiary alicyclic amines) is 1. The van der Waals surface area contributed by atoms with Crippen LogP contribution in [0.15, 0.2) is 72.3 Å². The number of carbonyl (C=O) groups excluding carboxylic acids is 2. The van der Waals surface area contributed by atoms with Crippen LogP contribution in [0, 0.1) is 13.8 Å². The number of anilines is 1. The number of ether oxygens (including phenoxy) is 1. The van der Waals surface area contributed by atoms with Crippen molar-refractivity contribution in [2.75, 3.05) is 26.1 Å². The third-order valence-electron chi connectivity index (χ3n) is 6.56. The van der Waals surface area contributed by atoms with E-state index in [1.54, 1.807) is 13.2 Å². The molecule has 0 aliphatic carbocycles. The third kappa shape index (κ3) is 4.64. The number of aliphatic hydroxyl groups is 1. The van der Waals surface area contributed by atoms with Crippen LogP contribution < -0.4 is 9.64 Å². The minimum Gasteiger partial charge on any atom is -0.507 e. The SMILES string of the molecule is COc1ccc(CN2C(=O)C(=O)/C(=C(\O)c3ccc(C)c(C)c3)C2c2ccc(N(C)C)cc2)cc1. The molecule has 3 aromatic rings. The molecule has 1 aliphatic rings. The molecule has 1 atom stereocenters. The Kier molecular flexibility index (Phi) is 6.65. The maximum atomic E-state index is 13.3. The fourth-order valence-electron chi connectivity index (χ4n) is 4.32. The molecule has 0 saturated carbocycles. The molecule has 180 valence electrons. The summed E-state index contributed by atoms with van der Waals surface area (Å²) < 4.78 is 5.23. The van der Waals surface area contributed by atoms with Crippen molar-refractivity contribution in [2.24, 2.45) is 0 Å². The lowest BCUT2D eigenvalue weighted by Crippen LogP contribution is -2.29. The number of amides is 1. The van der Waals surface area contributed by atoms with Crippen LogP contribution in [0.1, 0.15) is 33.9 Å². The molecule has 1 unspecified atom stereocenters. The summed E-state index contributed by atoms with van der Waals surface area (Å²) in [6, 6.07) is 19.9. The molecule has 1 amide bonds. The lowest BCUT2D eigenvalue weighted by Gasteiger charge is -2.26. The van der Waals surface area contributed by atoms with Gasteiger partial charge in [-0.15, -0.1) is 0 Å². The highest BCUT2D eigenvalue weighted by atomic mass is 16.5. The quantitative estimate of drug-likeness (QED) is 0.312. The second-order valence-electron chi connectivity index (χ2n) is 9.06.